The highest BCUT2D eigenvalue weighted by Gasteiger charge is 2.24. The summed E-state index contributed by atoms with van der Waals surface area (Å²) in [7, 11) is 0. The number of nitrogens with zero attached hydrogens (tertiary/aromatic N) is 2. The molecule has 2 aromatic heterocycles. The minimum Gasteiger partial charge on any atom is -0.480 e. The van der Waals surface area contributed by atoms with Crippen molar-refractivity contribution in [3.8, 4) is 0 Å². The average molecular weight is 377 g/mol. The van der Waals surface area contributed by atoms with Crippen LogP contribution in [0.15, 0.2) is 47.2 Å². The van der Waals surface area contributed by atoms with Gasteiger partial charge in [0, 0.05) is 23.3 Å². The lowest BCUT2D eigenvalue weighted by Crippen LogP contribution is -2.44. The first kappa shape index (κ1) is 15.3. The standard InChI is InChI=1S/C15H13BrN4O3/c16-12-9-4-1-2-5-10(9)18-13(12)14(21)19-11(15(22)23)8-20-7-3-6-17-20/h1-7,11,18H,8H2,(H,19,21)(H,22,23). The summed E-state index contributed by atoms with van der Waals surface area (Å²) in [4.78, 5) is 26.8. The number of carbonyl (C=O) groups is 2. The molecule has 7 nitrogen and oxygen atoms in total. The number of aromatic nitrogens is 3. The van der Waals surface area contributed by atoms with Gasteiger partial charge in [-0.25, -0.2) is 4.79 Å². The van der Waals surface area contributed by atoms with Crippen LogP contribution >= 0.6 is 15.9 Å². The third-order valence-electron chi connectivity index (χ3n) is 3.40. The van der Waals surface area contributed by atoms with Crippen LogP contribution < -0.4 is 5.32 Å². The maximum Gasteiger partial charge on any atom is 0.328 e. The van der Waals surface area contributed by atoms with Crippen LogP contribution in [0.25, 0.3) is 10.9 Å². The Balaban J connectivity index is 1.83. The van der Waals surface area contributed by atoms with Crippen molar-refractivity contribution in [2.24, 2.45) is 0 Å². The Morgan fingerprint density at radius 1 is 1.35 bits per heavy atom. The van der Waals surface area contributed by atoms with Crippen molar-refractivity contribution < 1.29 is 14.7 Å². The maximum absolute atomic E-state index is 12.4. The van der Waals surface area contributed by atoms with Gasteiger partial charge < -0.3 is 15.4 Å². The molecule has 0 saturated carbocycles. The number of hydrogen-bond acceptors (Lipinski definition) is 3. The Hall–Kier alpha value is -2.61. The molecule has 3 aromatic rings. The zero-order valence-corrected chi connectivity index (χ0v) is 13.4. The molecule has 0 radical (unpaired) electrons. The SMILES string of the molecule is O=C(NC(Cn1cccn1)C(=O)O)c1[nH]c2ccccc2c1Br. The largest absolute Gasteiger partial charge is 0.480 e. The monoisotopic (exact) mass is 376 g/mol. The van der Waals surface area contributed by atoms with Gasteiger partial charge in [-0.05, 0) is 28.1 Å². The molecule has 1 amide bonds. The first-order valence-electron chi connectivity index (χ1n) is 6.83. The van der Waals surface area contributed by atoms with Crippen LogP contribution in [0.4, 0.5) is 0 Å². The number of rotatable bonds is 5. The first-order chi connectivity index (χ1) is 11.1. The summed E-state index contributed by atoms with van der Waals surface area (Å²) in [6.45, 7) is 0.0475. The Labute approximate surface area is 139 Å². The highest BCUT2D eigenvalue weighted by molar-refractivity contribution is 9.10. The van der Waals surface area contributed by atoms with Crippen molar-refractivity contribution >= 4 is 38.7 Å². The molecular formula is C15H13BrN4O3. The topological polar surface area (TPSA) is 100 Å². The Bertz CT molecular complexity index is 857. The van der Waals surface area contributed by atoms with E-state index in [1.54, 1.807) is 18.5 Å². The van der Waals surface area contributed by atoms with Gasteiger partial charge in [-0.3, -0.25) is 9.48 Å². The molecule has 8 heteroatoms. The molecule has 0 saturated heterocycles. The number of hydrogen-bond donors (Lipinski definition) is 3. The Morgan fingerprint density at radius 3 is 2.78 bits per heavy atom. The predicted octanol–water partition coefficient (Wildman–Crippen LogP) is 2.01. The van der Waals surface area contributed by atoms with Crippen molar-refractivity contribution in [1.29, 1.82) is 0 Å². The number of para-hydroxylation sites is 1. The zero-order valence-electron chi connectivity index (χ0n) is 11.9. The van der Waals surface area contributed by atoms with Crippen LogP contribution in [-0.2, 0) is 11.3 Å². The number of nitrogens with one attached hydrogen (secondary N) is 2. The molecule has 0 aliphatic heterocycles. The molecule has 0 spiro atoms. The minimum absolute atomic E-state index is 0.0475. The Kier molecular flexibility index (Phi) is 4.16. The van der Waals surface area contributed by atoms with Crippen LogP contribution in [0.1, 0.15) is 10.5 Å². The lowest BCUT2D eigenvalue weighted by atomic mass is 10.2. The molecule has 3 N–H and O–H groups in total. The summed E-state index contributed by atoms with van der Waals surface area (Å²) in [6, 6.07) is 8.03. The molecule has 2 heterocycles. The molecule has 1 aromatic carbocycles. The van der Waals surface area contributed by atoms with Gasteiger partial charge in [0.05, 0.1) is 11.0 Å². The van der Waals surface area contributed by atoms with Crippen molar-refractivity contribution in [1.82, 2.24) is 20.1 Å². The van der Waals surface area contributed by atoms with E-state index in [0.717, 1.165) is 10.9 Å². The second-order valence-electron chi connectivity index (χ2n) is 4.95. The van der Waals surface area contributed by atoms with Crippen LogP contribution in [0.3, 0.4) is 0 Å². The van der Waals surface area contributed by atoms with Crippen molar-refractivity contribution in [3.63, 3.8) is 0 Å². The third-order valence-corrected chi connectivity index (χ3v) is 4.23. The van der Waals surface area contributed by atoms with Crippen LogP contribution in [-0.4, -0.2) is 37.8 Å². The number of carboxylic acids is 1. The fourth-order valence-electron chi connectivity index (χ4n) is 2.28. The van der Waals surface area contributed by atoms with Crippen molar-refractivity contribution in [3.05, 3.63) is 52.9 Å². The smallest absolute Gasteiger partial charge is 0.328 e. The summed E-state index contributed by atoms with van der Waals surface area (Å²) >= 11 is 3.38. The number of H-pyrrole nitrogens is 1. The van der Waals surface area contributed by atoms with Gasteiger partial charge in [-0.15, -0.1) is 0 Å². The van der Waals surface area contributed by atoms with Gasteiger partial charge in [0.15, 0.2) is 0 Å². The molecule has 0 fully saturated rings. The molecule has 1 unspecified atom stereocenters. The van der Waals surface area contributed by atoms with Crippen LogP contribution in [0, 0.1) is 0 Å². The minimum atomic E-state index is -1.12. The van der Waals surface area contributed by atoms with Crippen LogP contribution in [0.5, 0.6) is 0 Å². The second kappa shape index (κ2) is 6.25. The number of carbonyl (C=O) groups excluding carboxylic acids is 1. The molecule has 0 aliphatic rings. The average Bonchev–Trinajstić information content (AvgIpc) is 3.15. The molecule has 0 bridgehead atoms. The quantitative estimate of drug-likeness (QED) is 0.633. The summed E-state index contributed by atoms with van der Waals surface area (Å²) < 4.78 is 2.06. The first-order valence-corrected chi connectivity index (χ1v) is 7.63. The lowest BCUT2D eigenvalue weighted by molar-refractivity contribution is -0.139. The molecule has 0 aliphatic carbocycles. The predicted molar refractivity (Wildman–Crippen MR) is 87.1 cm³/mol. The lowest BCUT2D eigenvalue weighted by Gasteiger charge is -2.14. The molecule has 23 heavy (non-hydrogen) atoms. The van der Waals surface area contributed by atoms with E-state index in [1.165, 1.54) is 4.68 Å². The van der Waals surface area contributed by atoms with Crippen molar-refractivity contribution in [2.45, 2.75) is 12.6 Å². The number of aromatic amines is 1. The zero-order chi connectivity index (χ0) is 16.4. The number of carboxylic acid groups (broad SMARTS) is 1. The van der Waals surface area contributed by atoms with E-state index in [2.05, 4.69) is 31.3 Å². The van der Waals surface area contributed by atoms with Crippen molar-refractivity contribution in [2.75, 3.05) is 0 Å². The third kappa shape index (κ3) is 3.11. The Morgan fingerprint density at radius 2 is 2.13 bits per heavy atom. The number of aliphatic carboxylic acids is 1. The number of halogens is 1. The molecule has 3 rings (SSSR count). The van der Waals surface area contributed by atoms with E-state index in [0.29, 0.717) is 4.47 Å². The summed E-state index contributed by atoms with van der Waals surface area (Å²) in [5.41, 5.74) is 1.08. The van der Waals surface area contributed by atoms with Gasteiger partial charge in [0.25, 0.3) is 5.91 Å². The number of amides is 1. The van der Waals surface area contributed by atoms with Gasteiger partial charge in [-0.1, -0.05) is 18.2 Å². The second-order valence-corrected chi connectivity index (χ2v) is 5.74. The molecule has 118 valence electrons. The van der Waals surface area contributed by atoms with Gasteiger partial charge in [0.1, 0.15) is 11.7 Å². The summed E-state index contributed by atoms with van der Waals surface area (Å²) in [5.74, 6) is -1.62. The van der Waals surface area contributed by atoms with Gasteiger partial charge in [0.2, 0.25) is 0 Å². The van der Waals surface area contributed by atoms with E-state index in [1.807, 2.05) is 24.3 Å². The van der Waals surface area contributed by atoms with Crippen LogP contribution in [0.2, 0.25) is 0 Å². The molecular weight excluding hydrogens is 364 g/mol. The highest BCUT2D eigenvalue weighted by atomic mass is 79.9. The highest BCUT2D eigenvalue weighted by Crippen LogP contribution is 2.27. The van der Waals surface area contributed by atoms with Gasteiger partial charge in [-0.2, -0.15) is 5.10 Å². The summed E-state index contributed by atoms with van der Waals surface area (Å²) in [6.07, 6.45) is 3.19. The number of benzene rings is 1. The van der Waals surface area contributed by atoms with Gasteiger partial charge >= 0.3 is 5.97 Å². The summed E-state index contributed by atoms with van der Waals surface area (Å²) in [5, 5.41) is 16.6. The van der Waals surface area contributed by atoms with E-state index in [4.69, 9.17) is 0 Å². The van der Waals surface area contributed by atoms with E-state index in [9.17, 15) is 14.7 Å². The fraction of sp³-hybridized carbons (Fsp3) is 0.133. The van der Waals surface area contributed by atoms with E-state index < -0.39 is 17.9 Å². The molecule has 1 atom stereocenters. The number of fused-ring (bicyclic) bond motifs is 1. The van der Waals surface area contributed by atoms with E-state index >= 15 is 0 Å². The fourth-order valence-corrected chi connectivity index (χ4v) is 2.90. The normalized spacial score (nSPS) is 12.2. The van der Waals surface area contributed by atoms with E-state index in [-0.39, 0.29) is 12.2 Å². The maximum atomic E-state index is 12.4.